The predicted molar refractivity (Wildman–Crippen MR) is 37.4 cm³/mol. The Labute approximate surface area is 79.0 Å². The van der Waals surface area contributed by atoms with Crippen molar-refractivity contribution in [1.82, 2.24) is 4.73 Å². The minimum atomic E-state index is -0.226. The van der Waals surface area contributed by atoms with Crippen molar-refractivity contribution >= 4 is 5.97 Å². The predicted octanol–water partition coefficient (Wildman–Crippen LogP) is -2.03. The fraction of sp³-hybridized carbons (Fsp3) is 0.286. The summed E-state index contributed by atoms with van der Waals surface area (Å²) in [5.41, 5.74) is 0. The van der Waals surface area contributed by atoms with Gasteiger partial charge in [-0.2, -0.15) is 4.73 Å². The second-order valence-corrected chi connectivity index (χ2v) is 1.86. The van der Waals surface area contributed by atoms with Gasteiger partial charge < -0.3 is 6.26 Å². The van der Waals surface area contributed by atoms with Crippen LogP contribution in [0.25, 0.3) is 0 Å². The maximum absolute atomic E-state index is 10.6. The Hall–Kier alpha value is -0.653. The molecule has 0 radical (unpaired) electrons. The zero-order chi connectivity index (χ0) is 7.40. The number of hydrogen-bond acceptors (Lipinski definition) is 2. The third-order valence-electron chi connectivity index (χ3n) is 1.07. The van der Waals surface area contributed by atoms with E-state index >= 15 is 0 Å². The number of aromatic nitrogens is 1. The summed E-state index contributed by atoms with van der Waals surface area (Å²) in [4.78, 5) is 15.4. The SMILES string of the molecule is CCC(=O)On1cccc1.[H-].[Li+]. The van der Waals surface area contributed by atoms with E-state index in [0.29, 0.717) is 6.42 Å². The molecule has 1 aromatic heterocycles. The minimum Gasteiger partial charge on any atom is -1.00 e. The number of hydrogen-bond donors (Lipinski definition) is 0. The molecule has 1 rings (SSSR count). The monoisotopic (exact) mass is 147 g/mol. The van der Waals surface area contributed by atoms with Crippen LogP contribution in [0, 0.1) is 0 Å². The quantitative estimate of drug-likeness (QED) is 0.452. The van der Waals surface area contributed by atoms with Crippen molar-refractivity contribution in [3.05, 3.63) is 24.5 Å². The van der Waals surface area contributed by atoms with Gasteiger partial charge in [0.25, 0.3) is 0 Å². The molecular formula is C7H10LiNO2. The van der Waals surface area contributed by atoms with Gasteiger partial charge >= 0.3 is 24.8 Å². The van der Waals surface area contributed by atoms with Crippen molar-refractivity contribution < 1.29 is 29.9 Å². The van der Waals surface area contributed by atoms with E-state index in [1.54, 1.807) is 31.5 Å². The second-order valence-electron chi connectivity index (χ2n) is 1.86. The van der Waals surface area contributed by atoms with E-state index in [2.05, 4.69) is 0 Å². The van der Waals surface area contributed by atoms with Crippen molar-refractivity contribution in [3.8, 4) is 0 Å². The van der Waals surface area contributed by atoms with Gasteiger partial charge in [0.05, 0.1) is 0 Å². The van der Waals surface area contributed by atoms with Gasteiger partial charge in [0, 0.05) is 18.8 Å². The maximum Gasteiger partial charge on any atom is 1.00 e. The average Bonchev–Trinajstić information content (AvgIpc) is 2.40. The Morgan fingerprint density at radius 3 is 2.55 bits per heavy atom. The largest absolute Gasteiger partial charge is 1.00 e. The first-order valence-corrected chi connectivity index (χ1v) is 3.17. The average molecular weight is 147 g/mol. The Morgan fingerprint density at radius 2 is 2.09 bits per heavy atom. The molecule has 0 aliphatic carbocycles. The van der Waals surface area contributed by atoms with Crippen LogP contribution in [0.4, 0.5) is 0 Å². The molecule has 1 heterocycles. The van der Waals surface area contributed by atoms with E-state index in [-0.39, 0.29) is 26.3 Å². The summed E-state index contributed by atoms with van der Waals surface area (Å²) in [6, 6.07) is 3.59. The van der Waals surface area contributed by atoms with Gasteiger partial charge in [0.1, 0.15) is 0 Å². The van der Waals surface area contributed by atoms with Crippen LogP contribution >= 0.6 is 0 Å². The molecule has 1 aromatic rings. The molecular weight excluding hydrogens is 137 g/mol. The van der Waals surface area contributed by atoms with Crippen LogP contribution < -0.4 is 23.7 Å². The van der Waals surface area contributed by atoms with Gasteiger partial charge in [-0.3, -0.25) is 0 Å². The van der Waals surface area contributed by atoms with Crippen LogP contribution in [0.3, 0.4) is 0 Å². The zero-order valence-corrected chi connectivity index (χ0v) is 6.78. The summed E-state index contributed by atoms with van der Waals surface area (Å²) in [6.45, 7) is 1.76. The smallest absolute Gasteiger partial charge is 1.00 e. The zero-order valence-electron chi connectivity index (χ0n) is 7.78. The van der Waals surface area contributed by atoms with E-state index in [1.807, 2.05) is 0 Å². The molecule has 0 atom stereocenters. The van der Waals surface area contributed by atoms with Gasteiger partial charge in [0.2, 0.25) is 0 Å². The molecule has 0 aliphatic rings. The number of carbonyl (C=O) groups excluding carboxylic acids is 1. The summed E-state index contributed by atoms with van der Waals surface area (Å²) >= 11 is 0. The minimum absolute atomic E-state index is 0. The second kappa shape index (κ2) is 5.06. The first-order valence-electron chi connectivity index (χ1n) is 3.17. The third-order valence-corrected chi connectivity index (χ3v) is 1.07. The molecule has 56 valence electrons. The first-order chi connectivity index (χ1) is 4.83. The van der Waals surface area contributed by atoms with Crippen molar-refractivity contribution in [2.75, 3.05) is 0 Å². The van der Waals surface area contributed by atoms with Crippen LogP contribution in [0.1, 0.15) is 14.8 Å². The van der Waals surface area contributed by atoms with Crippen LogP contribution in [-0.4, -0.2) is 10.7 Å². The van der Waals surface area contributed by atoms with Gasteiger partial charge in [0.15, 0.2) is 0 Å². The fourth-order valence-electron chi connectivity index (χ4n) is 0.562. The van der Waals surface area contributed by atoms with Crippen LogP contribution in [-0.2, 0) is 4.79 Å². The molecule has 3 nitrogen and oxygen atoms in total. The topological polar surface area (TPSA) is 31.2 Å². The fourth-order valence-corrected chi connectivity index (χ4v) is 0.562. The summed E-state index contributed by atoms with van der Waals surface area (Å²) in [5, 5.41) is 0. The molecule has 0 unspecified atom stereocenters. The molecule has 0 aromatic carbocycles. The van der Waals surface area contributed by atoms with Gasteiger partial charge in [-0.15, -0.1) is 0 Å². The molecule has 0 fully saturated rings. The summed E-state index contributed by atoms with van der Waals surface area (Å²) in [7, 11) is 0. The Balaban J connectivity index is 0. The van der Waals surface area contributed by atoms with Crippen molar-refractivity contribution in [3.63, 3.8) is 0 Å². The van der Waals surface area contributed by atoms with Crippen molar-refractivity contribution in [2.45, 2.75) is 13.3 Å². The van der Waals surface area contributed by atoms with Crippen molar-refractivity contribution in [2.24, 2.45) is 0 Å². The molecule has 0 saturated carbocycles. The molecule has 0 bridgehead atoms. The third kappa shape index (κ3) is 3.31. The summed E-state index contributed by atoms with van der Waals surface area (Å²) < 4.78 is 1.38. The van der Waals surface area contributed by atoms with E-state index in [4.69, 9.17) is 4.84 Å². The normalized spacial score (nSPS) is 8.45. The van der Waals surface area contributed by atoms with Gasteiger partial charge in [-0.25, -0.2) is 4.79 Å². The van der Waals surface area contributed by atoms with Crippen LogP contribution in [0.15, 0.2) is 24.5 Å². The van der Waals surface area contributed by atoms with Crippen LogP contribution in [0.5, 0.6) is 0 Å². The molecule has 0 amide bonds. The maximum atomic E-state index is 10.6. The van der Waals surface area contributed by atoms with Gasteiger partial charge in [-0.1, -0.05) is 6.92 Å². The first kappa shape index (κ1) is 10.3. The van der Waals surface area contributed by atoms with E-state index in [1.165, 1.54) is 4.73 Å². The molecule has 0 saturated heterocycles. The Bertz CT molecular complexity index is 213. The molecule has 11 heavy (non-hydrogen) atoms. The van der Waals surface area contributed by atoms with E-state index < -0.39 is 0 Å². The number of rotatable bonds is 2. The van der Waals surface area contributed by atoms with Gasteiger partial charge in [-0.05, 0) is 12.1 Å². The van der Waals surface area contributed by atoms with Crippen LogP contribution in [0.2, 0.25) is 0 Å². The molecule has 4 heteroatoms. The number of carbonyl (C=O) groups is 1. The van der Waals surface area contributed by atoms with E-state index in [0.717, 1.165) is 0 Å². The van der Waals surface area contributed by atoms with E-state index in [9.17, 15) is 4.79 Å². The summed E-state index contributed by atoms with van der Waals surface area (Å²) in [6.07, 6.45) is 3.75. The number of nitrogens with zero attached hydrogens (tertiary/aromatic N) is 1. The Kier molecular flexibility index (Phi) is 4.76. The standard InChI is InChI=1S/C7H9NO2.Li.H/c1-2-7(9)10-8-5-3-4-6-8;;/h3-6H,2H2,1H3;;/q;+1;-1. The molecule has 0 N–H and O–H groups in total. The van der Waals surface area contributed by atoms with Crippen molar-refractivity contribution in [1.29, 1.82) is 0 Å². The molecule has 0 spiro atoms. The molecule has 0 aliphatic heterocycles. The Morgan fingerprint density at radius 1 is 1.55 bits per heavy atom. The summed E-state index contributed by atoms with van der Waals surface area (Å²) in [5.74, 6) is -0.226.